The second kappa shape index (κ2) is 7.49. The Bertz CT molecular complexity index is 530. The highest BCUT2D eigenvalue weighted by atomic mass is 16.5. The van der Waals surface area contributed by atoms with Crippen LogP contribution in [-0.4, -0.2) is 44.8 Å². The van der Waals surface area contributed by atoms with Crippen molar-refractivity contribution >= 4 is 5.97 Å². The second-order valence-electron chi connectivity index (χ2n) is 5.54. The smallest absolute Gasteiger partial charge is 0.323 e. The Balaban J connectivity index is 2.20. The van der Waals surface area contributed by atoms with Gasteiger partial charge in [0.2, 0.25) is 0 Å². The van der Waals surface area contributed by atoms with Crippen LogP contribution in [0.5, 0.6) is 11.5 Å². The predicted octanol–water partition coefficient (Wildman–Crippen LogP) is 2.40. The number of carbonyl (C=O) groups excluding carboxylic acids is 1. The van der Waals surface area contributed by atoms with Gasteiger partial charge >= 0.3 is 5.97 Å². The summed E-state index contributed by atoms with van der Waals surface area (Å²) in [5.41, 5.74) is 2.28. The summed E-state index contributed by atoms with van der Waals surface area (Å²) in [6.45, 7) is 3.77. The minimum absolute atomic E-state index is 0.118. The molecule has 0 bridgehead atoms. The highest BCUT2D eigenvalue weighted by Crippen LogP contribution is 2.34. The minimum Gasteiger partial charge on any atom is -0.493 e. The average molecular weight is 307 g/mol. The van der Waals surface area contributed by atoms with E-state index in [-0.39, 0.29) is 12.0 Å². The molecule has 2 rings (SSSR count). The number of ether oxygens (including phenoxy) is 3. The number of hydrogen-bond acceptors (Lipinski definition) is 5. The predicted molar refractivity (Wildman–Crippen MR) is 84.4 cm³/mol. The van der Waals surface area contributed by atoms with Crippen molar-refractivity contribution in [3.05, 3.63) is 23.3 Å². The lowest BCUT2D eigenvalue weighted by Gasteiger charge is -2.38. The van der Waals surface area contributed by atoms with Crippen molar-refractivity contribution in [1.29, 1.82) is 0 Å². The van der Waals surface area contributed by atoms with Crippen molar-refractivity contribution in [1.82, 2.24) is 4.90 Å². The zero-order valence-electron chi connectivity index (χ0n) is 13.8. The van der Waals surface area contributed by atoms with Gasteiger partial charge < -0.3 is 14.2 Å². The van der Waals surface area contributed by atoms with E-state index >= 15 is 0 Å². The lowest BCUT2D eigenvalue weighted by Crippen LogP contribution is -2.52. The molecule has 1 aromatic carbocycles. The summed E-state index contributed by atoms with van der Waals surface area (Å²) in [5.74, 6) is 1.40. The molecule has 0 amide bonds. The van der Waals surface area contributed by atoms with Crippen molar-refractivity contribution in [2.75, 3.05) is 27.9 Å². The van der Waals surface area contributed by atoms with Crippen LogP contribution in [0.25, 0.3) is 0 Å². The van der Waals surface area contributed by atoms with Crippen LogP contribution >= 0.6 is 0 Å². The lowest BCUT2D eigenvalue weighted by atomic mass is 9.99. The van der Waals surface area contributed by atoms with Crippen LogP contribution in [0.4, 0.5) is 0 Å². The molecule has 0 aromatic heterocycles. The van der Waals surface area contributed by atoms with Gasteiger partial charge in [0.25, 0.3) is 0 Å². The van der Waals surface area contributed by atoms with Crippen molar-refractivity contribution in [3.63, 3.8) is 0 Å². The first-order valence-electron chi connectivity index (χ1n) is 7.70. The molecule has 1 atom stereocenters. The van der Waals surface area contributed by atoms with Gasteiger partial charge in [-0.2, -0.15) is 0 Å². The maximum absolute atomic E-state index is 11.7. The monoisotopic (exact) mass is 307 g/mol. The van der Waals surface area contributed by atoms with Crippen molar-refractivity contribution < 1.29 is 19.0 Å². The fourth-order valence-corrected chi connectivity index (χ4v) is 2.92. The van der Waals surface area contributed by atoms with Crippen molar-refractivity contribution in [2.45, 2.75) is 38.8 Å². The first-order valence-corrected chi connectivity index (χ1v) is 7.70. The third kappa shape index (κ3) is 3.35. The number of aryl methyl sites for hydroxylation is 1. The molecule has 1 saturated heterocycles. The van der Waals surface area contributed by atoms with Crippen LogP contribution < -0.4 is 9.47 Å². The molecule has 0 radical (unpaired) electrons. The summed E-state index contributed by atoms with van der Waals surface area (Å²) in [4.78, 5) is 13.8. The third-order valence-corrected chi connectivity index (χ3v) is 4.12. The number of methoxy groups -OCH3 is 3. The van der Waals surface area contributed by atoms with Crippen LogP contribution in [0.3, 0.4) is 0 Å². The molecule has 5 heteroatoms. The van der Waals surface area contributed by atoms with Crippen molar-refractivity contribution in [3.8, 4) is 11.5 Å². The maximum atomic E-state index is 11.7. The summed E-state index contributed by atoms with van der Waals surface area (Å²) in [6.07, 6.45) is 2.84. The molecule has 0 aliphatic carbocycles. The SMILES string of the molecule is CCCc1cc(CN2CC[C@@H]2C(=O)OC)cc(OC)c1OC. The largest absolute Gasteiger partial charge is 0.493 e. The Kier molecular flexibility index (Phi) is 5.66. The fourth-order valence-electron chi connectivity index (χ4n) is 2.92. The number of likely N-dealkylation sites (tertiary alicyclic amines) is 1. The van der Waals surface area contributed by atoms with E-state index in [0.29, 0.717) is 0 Å². The summed E-state index contributed by atoms with van der Waals surface area (Å²) < 4.78 is 15.8. The molecule has 22 heavy (non-hydrogen) atoms. The van der Waals surface area contributed by atoms with Gasteiger partial charge in [-0.25, -0.2) is 0 Å². The molecular weight excluding hydrogens is 282 g/mol. The van der Waals surface area contributed by atoms with Gasteiger partial charge in [-0.1, -0.05) is 19.4 Å². The number of rotatable bonds is 7. The van der Waals surface area contributed by atoms with E-state index in [2.05, 4.69) is 17.9 Å². The van der Waals surface area contributed by atoms with E-state index in [0.717, 1.165) is 55.0 Å². The molecule has 1 aliphatic heterocycles. The lowest BCUT2D eigenvalue weighted by molar-refractivity contribution is -0.152. The van der Waals surface area contributed by atoms with Crippen LogP contribution in [0.15, 0.2) is 12.1 Å². The number of nitrogens with zero attached hydrogens (tertiary/aromatic N) is 1. The Labute approximate surface area is 132 Å². The molecule has 0 spiro atoms. The normalized spacial score (nSPS) is 17.7. The topological polar surface area (TPSA) is 48.0 Å². The Morgan fingerprint density at radius 1 is 1.27 bits per heavy atom. The molecule has 122 valence electrons. The zero-order valence-corrected chi connectivity index (χ0v) is 13.8. The molecule has 5 nitrogen and oxygen atoms in total. The number of hydrogen-bond donors (Lipinski definition) is 0. The summed E-state index contributed by atoms with van der Waals surface area (Å²) in [6, 6.07) is 4.02. The molecule has 0 N–H and O–H groups in total. The van der Waals surface area contributed by atoms with E-state index in [4.69, 9.17) is 14.2 Å². The second-order valence-corrected chi connectivity index (χ2v) is 5.54. The highest BCUT2D eigenvalue weighted by molar-refractivity contribution is 5.76. The molecule has 0 unspecified atom stereocenters. The molecule has 0 saturated carbocycles. The summed E-state index contributed by atoms with van der Waals surface area (Å²) >= 11 is 0. The zero-order chi connectivity index (χ0) is 16.1. The third-order valence-electron chi connectivity index (χ3n) is 4.12. The average Bonchev–Trinajstić information content (AvgIpc) is 2.51. The Morgan fingerprint density at radius 3 is 2.55 bits per heavy atom. The maximum Gasteiger partial charge on any atom is 0.323 e. The highest BCUT2D eigenvalue weighted by Gasteiger charge is 2.34. The molecule has 1 aromatic rings. The summed E-state index contributed by atoms with van der Waals surface area (Å²) in [7, 11) is 4.76. The molecule has 1 aliphatic rings. The van der Waals surface area contributed by atoms with Gasteiger partial charge in [0.05, 0.1) is 21.3 Å². The standard InChI is InChI=1S/C17H25NO4/c1-5-6-13-9-12(10-15(20-2)16(13)21-3)11-18-8-7-14(18)17(19)22-4/h9-10,14H,5-8,11H2,1-4H3/t14-/m1/s1. The quantitative estimate of drug-likeness (QED) is 0.724. The van der Waals surface area contributed by atoms with E-state index in [1.165, 1.54) is 7.11 Å². The van der Waals surface area contributed by atoms with E-state index in [9.17, 15) is 4.79 Å². The van der Waals surface area contributed by atoms with Crippen LogP contribution in [0, 0.1) is 0 Å². The first-order chi connectivity index (χ1) is 10.6. The number of benzene rings is 1. The van der Waals surface area contributed by atoms with E-state index in [1.54, 1.807) is 14.2 Å². The molecule has 1 heterocycles. The van der Waals surface area contributed by atoms with Crippen LogP contribution in [0.2, 0.25) is 0 Å². The van der Waals surface area contributed by atoms with Gasteiger partial charge in [-0.05, 0) is 30.0 Å². The van der Waals surface area contributed by atoms with Gasteiger partial charge in [0, 0.05) is 13.1 Å². The first kappa shape index (κ1) is 16.6. The molecular formula is C17H25NO4. The van der Waals surface area contributed by atoms with Gasteiger partial charge in [-0.15, -0.1) is 0 Å². The number of esters is 1. The van der Waals surface area contributed by atoms with Crippen LogP contribution in [0.1, 0.15) is 30.9 Å². The Hall–Kier alpha value is -1.75. The van der Waals surface area contributed by atoms with Gasteiger partial charge in [0.1, 0.15) is 6.04 Å². The van der Waals surface area contributed by atoms with E-state index in [1.807, 2.05) is 6.07 Å². The minimum atomic E-state index is -0.152. The van der Waals surface area contributed by atoms with Crippen molar-refractivity contribution in [2.24, 2.45) is 0 Å². The Morgan fingerprint density at radius 2 is 2.05 bits per heavy atom. The molecule has 1 fully saturated rings. The van der Waals surface area contributed by atoms with Crippen LogP contribution in [-0.2, 0) is 22.5 Å². The summed E-state index contributed by atoms with van der Waals surface area (Å²) in [5, 5.41) is 0. The van der Waals surface area contributed by atoms with Gasteiger partial charge in [0.15, 0.2) is 11.5 Å². The number of carbonyl (C=O) groups is 1. The fraction of sp³-hybridized carbons (Fsp3) is 0.588. The van der Waals surface area contributed by atoms with Gasteiger partial charge in [-0.3, -0.25) is 9.69 Å². The van der Waals surface area contributed by atoms with E-state index < -0.39 is 0 Å².